The standard InChI is InChI=1S/C17H17NO2/c18-15-8-6-14(7-9-15)17(10-11-17)16(19)20-12-13-4-2-1-3-5-13/h1-9H,10-12,18H2. The number of carbonyl (C=O) groups is 1. The predicted molar refractivity (Wildman–Crippen MR) is 78.0 cm³/mol. The van der Waals surface area contributed by atoms with E-state index in [1.54, 1.807) is 0 Å². The second-order valence-corrected chi connectivity index (χ2v) is 5.27. The molecule has 3 heteroatoms. The van der Waals surface area contributed by atoms with Gasteiger partial charge >= 0.3 is 5.97 Å². The van der Waals surface area contributed by atoms with Gasteiger partial charge < -0.3 is 10.5 Å². The summed E-state index contributed by atoms with van der Waals surface area (Å²) in [6, 6.07) is 17.2. The van der Waals surface area contributed by atoms with Crippen molar-refractivity contribution in [2.24, 2.45) is 0 Å². The molecule has 0 bridgehead atoms. The van der Waals surface area contributed by atoms with Crippen molar-refractivity contribution >= 4 is 11.7 Å². The van der Waals surface area contributed by atoms with Crippen molar-refractivity contribution in [1.29, 1.82) is 0 Å². The Bertz CT molecular complexity index is 601. The van der Waals surface area contributed by atoms with Crippen LogP contribution < -0.4 is 5.73 Å². The van der Waals surface area contributed by atoms with E-state index < -0.39 is 5.41 Å². The van der Waals surface area contributed by atoms with Crippen LogP contribution in [0.4, 0.5) is 5.69 Å². The van der Waals surface area contributed by atoms with E-state index in [9.17, 15) is 4.79 Å². The topological polar surface area (TPSA) is 52.3 Å². The minimum absolute atomic E-state index is 0.133. The van der Waals surface area contributed by atoms with Crippen LogP contribution in [0.1, 0.15) is 24.0 Å². The summed E-state index contributed by atoms with van der Waals surface area (Å²) in [6.07, 6.45) is 1.70. The Balaban J connectivity index is 1.69. The van der Waals surface area contributed by atoms with Crippen molar-refractivity contribution in [3.05, 3.63) is 65.7 Å². The highest BCUT2D eigenvalue weighted by Gasteiger charge is 2.52. The molecule has 0 aliphatic heterocycles. The fourth-order valence-electron chi connectivity index (χ4n) is 2.40. The van der Waals surface area contributed by atoms with Crippen molar-refractivity contribution in [3.8, 4) is 0 Å². The van der Waals surface area contributed by atoms with Crippen LogP contribution in [0.2, 0.25) is 0 Å². The van der Waals surface area contributed by atoms with Crippen molar-refractivity contribution in [3.63, 3.8) is 0 Å². The van der Waals surface area contributed by atoms with Gasteiger partial charge in [0.15, 0.2) is 0 Å². The van der Waals surface area contributed by atoms with Crippen LogP contribution in [0.15, 0.2) is 54.6 Å². The molecule has 0 heterocycles. The first-order chi connectivity index (χ1) is 9.71. The molecule has 1 saturated carbocycles. The van der Waals surface area contributed by atoms with E-state index in [1.165, 1.54) is 0 Å². The number of nitrogen functional groups attached to an aromatic ring is 1. The van der Waals surface area contributed by atoms with Crippen molar-refractivity contribution < 1.29 is 9.53 Å². The molecule has 0 atom stereocenters. The third-order valence-corrected chi connectivity index (χ3v) is 3.82. The molecule has 0 radical (unpaired) electrons. The smallest absolute Gasteiger partial charge is 0.316 e. The molecule has 2 N–H and O–H groups in total. The second kappa shape index (κ2) is 5.00. The van der Waals surface area contributed by atoms with Gasteiger partial charge in [-0.3, -0.25) is 4.79 Å². The van der Waals surface area contributed by atoms with E-state index in [4.69, 9.17) is 10.5 Å². The Kier molecular flexibility index (Phi) is 3.18. The first-order valence-electron chi connectivity index (χ1n) is 6.78. The third-order valence-electron chi connectivity index (χ3n) is 3.82. The summed E-state index contributed by atoms with van der Waals surface area (Å²) in [5, 5.41) is 0. The summed E-state index contributed by atoms with van der Waals surface area (Å²) in [7, 11) is 0. The van der Waals surface area contributed by atoms with Gasteiger partial charge in [0.1, 0.15) is 6.61 Å². The van der Waals surface area contributed by atoms with Crippen LogP contribution in [0, 0.1) is 0 Å². The fraction of sp³-hybridized carbons (Fsp3) is 0.235. The average molecular weight is 267 g/mol. The predicted octanol–water partition coefficient (Wildman–Crippen LogP) is 3.04. The number of anilines is 1. The lowest BCUT2D eigenvalue weighted by Crippen LogP contribution is -2.23. The highest BCUT2D eigenvalue weighted by molar-refractivity contribution is 5.86. The zero-order valence-electron chi connectivity index (χ0n) is 11.2. The van der Waals surface area contributed by atoms with Gasteiger partial charge in [-0.25, -0.2) is 0 Å². The molecule has 0 spiro atoms. The van der Waals surface area contributed by atoms with E-state index >= 15 is 0 Å². The molecule has 0 saturated heterocycles. The lowest BCUT2D eigenvalue weighted by molar-refractivity contribution is -0.148. The fourth-order valence-corrected chi connectivity index (χ4v) is 2.40. The largest absolute Gasteiger partial charge is 0.460 e. The first-order valence-corrected chi connectivity index (χ1v) is 6.78. The zero-order valence-corrected chi connectivity index (χ0v) is 11.2. The maximum Gasteiger partial charge on any atom is 0.316 e. The molecule has 0 unspecified atom stereocenters. The lowest BCUT2D eigenvalue weighted by atomic mass is 9.96. The molecule has 3 rings (SSSR count). The number of benzene rings is 2. The van der Waals surface area contributed by atoms with Crippen molar-refractivity contribution in [2.45, 2.75) is 24.9 Å². The monoisotopic (exact) mass is 267 g/mol. The molecular weight excluding hydrogens is 250 g/mol. The van der Waals surface area contributed by atoms with Crippen LogP contribution in [-0.4, -0.2) is 5.97 Å². The Labute approximate surface area is 118 Å². The second-order valence-electron chi connectivity index (χ2n) is 5.27. The summed E-state index contributed by atoms with van der Waals surface area (Å²) in [6.45, 7) is 0.330. The summed E-state index contributed by atoms with van der Waals surface area (Å²) in [4.78, 5) is 12.3. The SMILES string of the molecule is Nc1ccc(C2(C(=O)OCc3ccccc3)CC2)cc1. The van der Waals surface area contributed by atoms with Crippen LogP contribution in [-0.2, 0) is 21.6 Å². The Morgan fingerprint density at radius 1 is 1.05 bits per heavy atom. The summed E-state index contributed by atoms with van der Waals surface area (Å²) in [5.74, 6) is -0.133. The number of rotatable bonds is 4. The maximum absolute atomic E-state index is 12.3. The Hall–Kier alpha value is -2.29. The van der Waals surface area contributed by atoms with Gasteiger partial charge in [-0.15, -0.1) is 0 Å². The van der Waals surface area contributed by atoms with Gasteiger partial charge in [0.25, 0.3) is 0 Å². The number of hydrogen-bond donors (Lipinski definition) is 1. The molecule has 2 aromatic carbocycles. The summed E-state index contributed by atoms with van der Waals surface area (Å²) >= 11 is 0. The van der Waals surface area contributed by atoms with E-state index in [0.29, 0.717) is 12.3 Å². The first kappa shape index (κ1) is 12.7. The van der Waals surface area contributed by atoms with Crippen LogP contribution in [0.5, 0.6) is 0 Å². The van der Waals surface area contributed by atoms with Crippen molar-refractivity contribution in [2.75, 3.05) is 5.73 Å². The molecule has 1 aliphatic rings. The normalized spacial score (nSPS) is 15.6. The quantitative estimate of drug-likeness (QED) is 0.684. The third kappa shape index (κ3) is 2.39. The molecule has 3 nitrogen and oxygen atoms in total. The number of carbonyl (C=O) groups excluding carboxylic acids is 1. The number of ether oxygens (including phenoxy) is 1. The molecule has 102 valence electrons. The number of hydrogen-bond acceptors (Lipinski definition) is 3. The van der Waals surface area contributed by atoms with Crippen LogP contribution in [0.3, 0.4) is 0 Å². The molecule has 1 aliphatic carbocycles. The summed E-state index contributed by atoms with van der Waals surface area (Å²) < 4.78 is 5.47. The lowest BCUT2D eigenvalue weighted by Gasteiger charge is -2.15. The zero-order chi connectivity index (χ0) is 14.0. The van der Waals surface area contributed by atoms with Gasteiger partial charge in [0.2, 0.25) is 0 Å². The molecule has 0 aromatic heterocycles. The number of esters is 1. The molecule has 2 aromatic rings. The van der Waals surface area contributed by atoms with E-state index in [2.05, 4.69) is 0 Å². The van der Waals surface area contributed by atoms with Crippen molar-refractivity contribution in [1.82, 2.24) is 0 Å². The van der Waals surface area contributed by atoms with Gasteiger partial charge in [0, 0.05) is 5.69 Å². The van der Waals surface area contributed by atoms with E-state index in [-0.39, 0.29) is 5.97 Å². The molecular formula is C17H17NO2. The van der Waals surface area contributed by atoms with Gasteiger partial charge in [0.05, 0.1) is 5.41 Å². The van der Waals surface area contributed by atoms with Gasteiger partial charge in [-0.05, 0) is 36.1 Å². The maximum atomic E-state index is 12.3. The summed E-state index contributed by atoms with van der Waals surface area (Å²) in [5.41, 5.74) is 7.97. The Morgan fingerprint density at radius 3 is 2.30 bits per heavy atom. The van der Waals surface area contributed by atoms with Crippen LogP contribution in [0.25, 0.3) is 0 Å². The highest BCUT2D eigenvalue weighted by atomic mass is 16.5. The minimum atomic E-state index is -0.442. The highest BCUT2D eigenvalue weighted by Crippen LogP contribution is 2.49. The van der Waals surface area contributed by atoms with Crippen LogP contribution >= 0.6 is 0 Å². The molecule has 0 amide bonds. The van der Waals surface area contributed by atoms with E-state index in [0.717, 1.165) is 24.0 Å². The Morgan fingerprint density at radius 2 is 1.70 bits per heavy atom. The average Bonchev–Trinajstić information content (AvgIpc) is 3.28. The number of nitrogens with two attached hydrogens (primary N) is 1. The molecule has 20 heavy (non-hydrogen) atoms. The molecule has 1 fully saturated rings. The van der Waals surface area contributed by atoms with Gasteiger partial charge in [-0.2, -0.15) is 0 Å². The van der Waals surface area contributed by atoms with Gasteiger partial charge in [-0.1, -0.05) is 42.5 Å². The van der Waals surface area contributed by atoms with E-state index in [1.807, 2.05) is 54.6 Å². The minimum Gasteiger partial charge on any atom is -0.460 e.